The highest BCUT2D eigenvalue weighted by Gasteiger charge is 2.17. The molecule has 0 saturated heterocycles. The minimum Gasteiger partial charge on any atom is -0.309 e. The molecule has 0 aliphatic rings. The molecule has 0 fully saturated rings. The molecular weight excluding hydrogens is 265 g/mol. The van der Waals surface area contributed by atoms with Gasteiger partial charge < -0.3 is 5.32 Å². The summed E-state index contributed by atoms with van der Waals surface area (Å²) in [6.45, 7) is 2.03. The SMILES string of the molecule is CNC(c1ccccc1Cl)c1cccc(Cl)c1C. The van der Waals surface area contributed by atoms with E-state index in [4.69, 9.17) is 23.2 Å². The average molecular weight is 280 g/mol. The molecule has 2 rings (SSSR count). The molecule has 0 bridgehead atoms. The first-order valence-corrected chi connectivity index (χ1v) is 6.57. The predicted molar refractivity (Wildman–Crippen MR) is 78.5 cm³/mol. The van der Waals surface area contributed by atoms with Crippen LogP contribution in [0.15, 0.2) is 42.5 Å². The van der Waals surface area contributed by atoms with Crippen LogP contribution in [0.3, 0.4) is 0 Å². The third kappa shape index (κ3) is 2.54. The Balaban J connectivity index is 2.53. The van der Waals surface area contributed by atoms with Crippen LogP contribution < -0.4 is 5.32 Å². The van der Waals surface area contributed by atoms with Gasteiger partial charge in [-0.2, -0.15) is 0 Å². The van der Waals surface area contributed by atoms with E-state index in [0.29, 0.717) is 0 Å². The summed E-state index contributed by atoms with van der Waals surface area (Å²) >= 11 is 12.4. The zero-order valence-corrected chi connectivity index (χ0v) is 11.9. The van der Waals surface area contributed by atoms with E-state index in [1.807, 2.05) is 50.4 Å². The largest absolute Gasteiger partial charge is 0.309 e. The first-order valence-electron chi connectivity index (χ1n) is 5.82. The fraction of sp³-hybridized carbons (Fsp3) is 0.200. The van der Waals surface area contributed by atoms with Crippen LogP contribution in [0.25, 0.3) is 0 Å². The molecular formula is C15H15Cl2N. The molecule has 0 aromatic heterocycles. The highest BCUT2D eigenvalue weighted by atomic mass is 35.5. The molecule has 1 atom stereocenters. The van der Waals surface area contributed by atoms with Crippen LogP contribution in [0, 0.1) is 6.92 Å². The maximum atomic E-state index is 6.27. The monoisotopic (exact) mass is 279 g/mol. The summed E-state index contributed by atoms with van der Waals surface area (Å²) in [5, 5.41) is 4.84. The molecule has 0 aliphatic carbocycles. The van der Waals surface area contributed by atoms with Crippen molar-refractivity contribution in [1.82, 2.24) is 5.32 Å². The summed E-state index contributed by atoms with van der Waals surface area (Å²) in [4.78, 5) is 0. The highest BCUT2D eigenvalue weighted by molar-refractivity contribution is 6.32. The van der Waals surface area contributed by atoms with E-state index in [1.165, 1.54) is 0 Å². The molecule has 3 heteroatoms. The lowest BCUT2D eigenvalue weighted by molar-refractivity contribution is 0.688. The molecule has 0 radical (unpaired) electrons. The number of hydrogen-bond donors (Lipinski definition) is 1. The van der Waals surface area contributed by atoms with Crippen molar-refractivity contribution in [3.05, 3.63) is 69.2 Å². The molecule has 1 unspecified atom stereocenters. The lowest BCUT2D eigenvalue weighted by Gasteiger charge is -2.21. The van der Waals surface area contributed by atoms with Crippen molar-refractivity contribution in [2.24, 2.45) is 0 Å². The topological polar surface area (TPSA) is 12.0 Å². The van der Waals surface area contributed by atoms with Crippen molar-refractivity contribution in [1.29, 1.82) is 0 Å². The summed E-state index contributed by atoms with van der Waals surface area (Å²) in [5.41, 5.74) is 3.29. The smallest absolute Gasteiger partial charge is 0.0592 e. The van der Waals surface area contributed by atoms with E-state index in [1.54, 1.807) is 0 Å². The van der Waals surface area contributed by atoms with Gasteiger partial charge in [0.05, 0.1) is 6.04 Å². The number of rotatable bonds is 3. The average Bonchev–Trinajstić information content (AvgIpc) is 2.37. The Kier molecular flexibility index (Phi) is 4.28. The summed E-state index contributed by atoms with van der Waals surface area (Å²) in [6, 6.07) is 13.9. The van der Waals surface area contributed by atoms with Gasteiger partial charge >= 0.3 is 0 Å². The van der Waals surface area contributed by atoms with Crippen molar-refractivity contribution in [2.75, 3.05) is 7.05 Å². The van der Waals surface area contributed by atoms with Crippen LogP contribution >= 0.6 is 23.2 Å². The molecule has 18 heavy (non-hydrogen) atoms. The van der Waals surface area contributed by atoms with Crippen LogP contribution in [-0.2, 0) is 0 Å². The summed E-state index contributed by atoms with van der Waals surface area (Å²) in [7, 11) is 1.92. The van der Waals surface area contributed by atoms with Crippen molar-refractivity contribution < 1.29 is 0 Å². The van der Waals surface area contributed by atoms with E-state index >= 15 is 0 Å². The number of nitrogens with one attached hydrogen (secondary N) is 1. The second-order valence-electron chi connectivity index (χ2n) is 4.20. The predicted octanol–water partition coefficient (Wildman–Crippen LogP) is 4.61. The zero-order chi connectivity index (χ0) is 13.1. The second-order valence-corrected chi connectivity index (χ2v) is 5.01. The Hall–Kier alpha value is -1.02. The van der Waals surface area contributed by atoms with Gasteiger partial charge in [-0.1, -0.05) is 53.5 Å². The maximum Gasteiger partial charge on any atom is 0.0592 e. The minimum atomic E-state index is 0.0531. The maximum absolute atomic E-state index is 6.27. The normalized spacial score (nSPS) is 12.4. The first kappa shape index (κ1) is 13.4. The Morgan fingerprint density at radius 3 is 2.17 bits per heavy atom. The molecule has 2 aromatic rings. The molecule has 94 valence electrons. The lowest BCUT2D eigenvalue weighted by atomic mass is 9.95. The van der Waals surface area contributed by atoms with Gasteiger partial charge in [0, 0.05) is 10.0 Å². The molecule has 2 aromatic carbocycles. The van der Waals surface area contributed by atoms with Gasteiger partial charge in [0.1, 0.15) is 0 Å². The second kappa shape index (κ2) is 5.75. The Morgan fingerprint density at radius 1 is 0.889 bits per heavy atom. The standard InChI is InChI=1S/C15H15Cl2N/c1-10-11(7-5-9-13(10)16)15(18-2)12-6-3-4-8-14(12)17/h3-9,15,18H,1-2H3. The van der Waals surface area contributed by atoms with Gasteiger partial charge in [0.2, 0.25) is 0 Å². The van der Waals surface area contributed by atoms with Gasteiger partial charge in [-0.25, -0.2) is 0 Å². The van der Waals surface area contributed by atoms with Crippen molar-refractivity contribution >= 4 is 23.2 Å². The number of hydrogen-bond acceptors (Lipinski definition) is 1. The molecule has 0 heterocycles. The van der Waals surface area contributed by atoms with Crippen molar-refractivity contribution in [3.63, 3.8) is 0 Å². The minimum absolute atomic E-state index is 0.0531. The van der Waals surface area contributed by atoms with E-state index < -0.39 is 0 Å². The summed E-state index contributed by atoms with van der Waals surface area (Å²) < 4.78 is 0. The molecule has 0 saturated carbocycles. The lowest BCUT2D eigenvalue weighted by Crippen LogP contribution is -2.19. The van der Waals surface area contributed by atoms with Crippen LogP contribution in [0.2, 0.25) is 10.0 Å². The van der Waals surface area contributed by atoms with Gasteiger partial charge in [-0.3, -0.25) is 0 Å². The summed E-state index contributed by atoms with van der Waals surface area (Å²) in [6.07, 6.45) is 0. The van der Waals surface area contributed by atoms with Gasteiger partial charge in [-0.15, -0.1) is 0 Å². The van der Waals surface area contributed by atoms with E-state index in [2.05, 4.69) is 11.4 Å². The van der Waals surface area contributed by atoms with Gasteiger partial charge in [-0.05, 0) is 42.8 Å². The third-order valence-corrected chi connectivity index (χ3v) is 3.88. The van der Waals surface area contributed by atoms with E-state index in [-0.39, 0.29) is 6.04 Å². The quantitative estimate of drug-likeness (QED) is 0.865. The molecule has 1 N–H and O–H groups in total. The van der Waals surface area contributed by atoms with Crippen LogP contribution in [0.5, 0.6) is 0 Å². The summed E-state index contributed by atoms with van der Waals surface area (Å²) in [5.74, 6) is 0. The molecule has 0 aliphatic heterocycles. The Morgan fingerprint density at radius 2 is 1.50 bits per heavy atom. The number of halogens is 2. The van der Waals surface area contributed by atoms with E-state index in [9.17, 15) is 0 Å². The fourth-order valence-corrected chi connectivity index (χ4v) is 2.55. The molecule has 1 nitrogen and oxygen atoms in total. The Bertz CT molecular complexity index is 552. The first-order chi connectivity index (χ1) is 8.65. The molecule has 0 amide bonds. The van der Waals surface area contributed by atoms with Crippen molar-refractivity contribution in [3.8, 4) is 0 Å². The van der Waals surface area contributed by atoms with Gasteiger partial charge in [0.15, 0.2) is 0 Å². The van der Waals surface area contributed by atoms with Gasteiger partial charge in [0.25, 0.3) is 0 Å². The Labute approximate surface area is 118 Å². The zero-order valence-electron chi connectivity index (χ0n) is 10.4. The van der Waals surface area contributed by atoms with Crippen LogP contribution in [0.4, 0.5) is 0 Å². The fourth-order valence-electron chi connectivity index (χ4n) is 2.12. The molecule has 0 spiro atoms. The highest BCUT2D eigenvalue weighted by Crippen LogP contribution is 2.31. The number of benzene rings is 2. The van der Waals surface area contributed by atoms with Crippen LogP contribution in [-0.4, -0.2) is 7.05 Å². The van der Waals surface area contributed by atoms with Crippen LogP contribution in [0.1, 0.15) is 22.7 Å². The third-order valence-electron chi connectivity index (χ3n) is 3.13. The van der Waals surface area contributed by atoms with E-state index in [0.717, 1.165) is 26.7 Å². The van der Waals surface area contributed by atoms with Crippen molar-refractivity contribution in [2.45, 2.75) is 13.0 Å².